The van der Waals surface area contributed by atoms with Crippen LogP contribution in [0.5, 0.6) is 0 Å². The first-order valence-electron chi connectivity index (χ1n) is 3.88. The van der Waals surface area contributed by atoms with E-state index in [9.17, 15) is 0 Å². The lowest BCUT2D eigenvalue weighted by molar-refractivity contribution is 0.0527. The van der Waals surface area contributed by atoms with E-state index in [1.54, 1.807) is 0 Å². The average Bonchev–Trinajstić information content (AvgIpc) is 2.09. The SMILES string of the molecule is C[C@@H]1[C@H](CCl)[C@@H](C)O[C@H]1C. The van der Waals surface area contributed by atoms with E-state index in [1.165, 1.54) is 0 Å². The van der Waals surface area contributed by atoms with Gasteiger partial charge in [0.1, 0.15) is 0 Å². The topological polar surface area (TPSA) is 9.23 Å². The summed E-state index contributed by atoms with van der Waals surface area (Å²) in [6, 6.07) is 0. The molecule has 0 unspecified atom stereocenters. The summed E-state index contributed by atoms with van der Waals surface area (Å²) in [4.78, 5) is 0. The van der Waals surface area contributed by atoms with Gasteiger partial charge in [0, 0.05) is 11.8 Å². The molecular formula is C8H15ClO. The highest BCUT2D eigenvalue weighted by molar-refractivity contribution is 6.18. The number of hydrogen-bond donors (Lipinski definition) is 0. The van der Waals surface area contributed by atoms with Crippen LogP contribution >= 0.6 is 11.6 Å². The molecule has 1 aliphatic heterocycles. The minimum absolute atomic E-state index is 0.350. The molecule has 10 heavy (non-hydrogen) atoms. The van der Waals surface area contributed by atoms with Crippen LogP contribution in [-0.4, -0.2) is 18.1 Å². The van der Waals surface area contributed by atoms with Gasteiger partial charge in [0.25, 0.3) is 0 Å². The van der Waals surface area contributed by atoms with Crippen LogP contribution in [0, 0.1) is 11.8 Å². The molecule has 1 fully saturated rings. The summed E-state index contributed by atoms with van der Waals surface area (Å²) >= 11 is 5.78. The molecule has 4 atom stereocenters. The Labute approximate surface area is 67.7 Å². The van der Waals surface area contributed by atoms with E-state index in [0.29, 0.717) is 24.0 Å². The lowest BCUT2D eigenvalue weighted by atomic mass is 9.91. The molecule has 1 rings (SSSR count). The van der Waals surface area contributed by atoms with E-state index >= 15 is 0 Å². The summed E-state index contributed by atoms with van der Waals surface area (Å²) in [7, 11) is 0. The Morgan fingerprint density at radius 3 is 2.00 bits per heavy atom. The zero-order valence-electron chi connectivity index (χ0n) is 6.80. The third-order valence-corrected chi connectivity index (χ3v) is 2.98. The number of ether oxygens (including phenoxy) is 1. The van der Waals surface area contributed by atoms with Gasteiger partial charge in [-0.15, -0.1) is 11.6 Å². The van der Waals surface area contributed by atoms with Crippen molar-refractivity contribution in [3.05, 3.63) is 0 Å². The fourth-order valence-electron chi connectivity index (χ4n) is 1.61. The van der Waals surface area contributed by atoms with Crippen LogP contribution in [0.25, 0.3) is 0 Å². The summed E-state index contributed by atoms with van der Waals surface area (Å²) in [6.07, 6.45) is 0.737. The highest BCUT2D eigenvalue weighted by Crippen LogP contribution is 2.32. The van der Waals surface area contributed by atoms with Crippen LogP contribution < -0.4 is 0 Å². The van der Waals surface area contributed by atoms with E-state index in [-0.39, 0.29) is 0 Å². The zero-order valence-corrected chi connectivity index (χ0v) is 7.56. The van der Waals surface area contributed by atoms with Crippen molar-refractivity contribution in [2.24, 2.45) is 11.8 Å². The van der Waals surface area contributed by atoms with Crippen molar-refractivity contribution < 1.29 is 4.74 Å². The van der Waals surface area contributed by atoms with Gasteiger partial charge in [0.05, 0.1) is 12.2 Å². The Hall–Kier alpha value is 0.250. The molecule has 0 saturated carbocycles. The molecule has 0 aromatic rings. The Morgan fingerprint density at radius 2 is 1.80 bits per heavy atom. The van der Waals surface area contributed by atoms with Gasteiger partial charge in [-0.2, -0.15) is 0 Å². The van der Waals surface area contributed by atoms with Gasteiger partial charge >= 0.3 is 0 Å². The van der Waals surface area contributed by atoms with Crippen LogP contribution in [0.15, 0.2) is 0 Å². The molecule has 1 saturated heterocycles. The molecule has 60 valence electrons. The molecule has 2 heteroatoms. The number of halogens is 1. The minimum atomic E-state index is 0.350. The maximum atomic E-state index is 5.78. The van der Waals surface area contributed by atoms with Crippen molar-refractivity contribution in [2.75, 3.05) is 5.88 Å². The average molecular weight is 163 g/mol. The van der Waals surface area contributed by atoms with Crippen molar-refractivity contribution in [1.82, 2.24) is 0 Å². The largest absolute Gasteiger partial charge is 0.375 e. The van der Waals surface area contributed by atoms with Crippen LogP contribution in [0.3, 0.4) is 0 Å². The third-order valence-electron chi connectivity index (χ3n) is 2.63. The Morgan fingerprint density at radius 1 is 1.20 bits per heavy atom. The lowest BCUT2D eigenvalue weighted by Crippen LogP contribution is -2.18. The normalized spacial score (nSPS) is 48.0. The molecule has 0 N–H and O–H groups in total. The van der Waals surface area contributed by atoms with Crippen molar-refractivity contribution in [3.63, 3.8) is 0 Å². The monoisotopic (exact) mass is 162 g/mol. The maximum absolute atomic E-state index is 5.78. The minimum Gasteiger partial charge on any atom is -0.375 e. The lowest BCUT2D eigenvalue weighted by Gasteiger charge is -2.13. The maximum Gasteiger partial charge on any atom is 0.0593 e. The molecule has 0 amide bonds. The molecule has 0 aromatic carbocycles. The van der Waals surface area contributed by atoms with Gasteiger partial charge < -0.3 is 4.74 Å². The molecule has 1 heterocycles. The predicted molar refractivity (Wildman–Crippen MR) is 43.4 cm³/mol. The van der Waals surface area contributed by atoms with Gasteiger partial charge in [-0.25, -0.2) is 0 Å². The second-order valence-corrected chi connectivity index (χ2v) is 3.53. The fourth-order valence-corrected chi connectivity index (χ4v) is 2.14. The highest BCUT2D eigenvalue weighted by Gasteiger charge is 2.35. The van der Waals surface area contributed by atoms with Gasteiger partial charge in [0.2, 0.25) is 0 Å². The summed E-state index contributed by atoms with van der Waals surface area (Å²) in [5.41, 5.74) is 0. The molecule has 0 spiro atoms. The number of rotatable bonds is 1. The molecule has 0 aromatic heterocycles. The fraction of sp³-hybridized carbons (Fsp3) is 1.00. The van der Waals surface area contributed by atoms with Crippen LogP contribution in [0.2, 0.25) is 0 Å². The van der Waals surface area contributed by atoms with E-state index in [1.807, 2.05) is 0 Å². The Kier molecular flexibility index (Phi) is 2.59. The van der Waals surface area contributed by atoms with Crippen molar-refractivity contribution in [3.8, 4) is 0 Å². The van der Waals surface area contributed by atoms with Gasteiger partial charge in [-0.1, -0.05) is 6.92 Å². The van der Waals surface area contributed by atoms with Crippen LogP contribution in [-0.2, 0) is 4.74 Å². The molecular weight excluding hydrogens is 148 g/mol. The number of hydrogen-bond acceptors (Lipinski definition) is 1. The molecule has 1 aliphatic rings. The second kappa shape index (κ2) is 3.10. The molecule has 1 nitrogen and oxygen atoms in total. The van der Waals surface area contributed by atoms with Crippen LogP contribution in [0.1, 0.15) is 20.8 Å². The predicted octanol–water partition coefficient (Wildman–Crippen LogP) is 2.28. The van der Waals surface area contributed by atoms with E-state index in [4.69, 9.17) is 16.3 Å². The molecule has 0 radical (unpaired) electrons. The van der Waals surface area contributed by atoms with E-state index in [0.717, 1.165) is 5.88 Å². The quantitative estimate of drug-likeness (QED) is 0.538. The second-order valence-electron chi connectivity index (χ2n) is 3.22. The zero-order chi connectivity index (χ0) is 7.72. The molecule has 0 aliphatic carbocycles. The smallest absolute Gasteiger partial charge is 0.0593 e. The third kappa shape index (κ3) is 1.30. The Balaban J connectivity index is 2.55. The first-order valence-corrected chi connectivity index (χ1v) is 4.41. The summed E-state index contributed by atoms with van der Waals surface area (Å²) in [6.45, 7) is 6.43. The van der Waals surface area contributed by atoms with Gasteiger partial charge in [-0.05, 0) is 19.8 Å². The summed E-state index contributed by atoms with van der Waals surface area (Å²) in [5.74, 6) is 1.90. The summed E-state index contributed by atoms with van der Waals surface area (Å²) < 4.78 is 5.59. The van der Waals surface area contributed by atoms with Crippen molar-refractivity contribution >= 4 is 11.6 Å². The van der Waals surface area contributed by atoms with E-state index in [2.05, 4.69) is 20.8 Å². The highest BCUT2D eigenvalue weighted by atomic mass is 35.5. The Bertz CT molecular complexity index is 116. The van der Waals surface area contributed by atoms with Gasteiger partial charge in [-0.3, -0.25) is 0 Å². The standard InChI is InChI=1S/C8H15ClO/c1-5-6(2)10-7(3)8(5)4-9/h5-8H,4H2,1-3H3/t5-,6-,7+,8-/m0/s1. The van der Waals surface area contributed by atoms with Crippen LogP contribution in [0.4, 0.5) is 0 Å². The first-order chi connectivity index (χ1) is 4.66. The van der Waals surface area contributed by atoms with Crippen molar-refractivity contribution in [1.29, 1.82) is 0 Å². The number of alkyl halides is 1. The molecule has 0 bridgehead atoms. The van der Waals surface area contributed by atoms with Gasteiger partial charge in [0.15, 0.2) is 0 Å². The first kappa shape index (κ1) is 8.35. The van der Waals surface area contributed by atoms with Crippen molar-refractivity contribution in [2.45, 2.75) is 33.0 Å². The summed E-state index contributed by atoms with van der Waals surface area (Å²) in [5, 5.41) is 0. The van der Waals surface area contributed by atoms with E-state index < -0.39 is 0 Å².